The highest BCUT2D eigenvalue weighted by Crippen LogP contribution is 2.24. The van der Waals surface area contributed by atoms with Crippen molar-refractivity contribution in [3.8, 4) is 0 Å². The second-order valence-corrected chi connectivity index (χ2v) is 3.68. The summed E-state index contributed by atoms with van der Waals surface area (Å²) in [5, 5.41) is 3.15. The van der Waals surface area contributed by atoms with Gasteiger partial charge in [0.25, 0.3) is 5.56 Å². The van der Waals surface area contributed by atoms with E-state index in [4.69, 9.17) is 4.74 Å². The molecule has 1 saturated heterocycles. The van der Waals surface area contributed by atoms with Crippen molar-refractivity contribution in [1.29, 1.82) is 0 Å². The van der Waals surface area contributed by atoms with E-state index in [2.05, 4.69) is 5.10 Å². The number of rotatable bonds is 2. The van der Waals surface area contributed by atoms with Gasteiger partial charge in [0.2, 0.25) is 0 Å². The van der Waals surface area contributed by atoms with Gasteiger partial charge < -0.3 is 4.74 Å². The van der Waals surface area contributed by atoms with E-state index in [0.29, 0.717) is 12.5 Å². The Labute approximate surface area is 82.9 Å². The lowest BCUT2D eigenvalue weighted by molar-refractivity contribution is 0.0843. The molecule has 1 fully saturated rings. The first kappa shape index (κ1) is 9.52. The lowest BCUT2D eigenvalue weighted by atomic mass is 9.97. The molecule has 0 aliphatic carbocycles. The average molecular weight is 196 g/mol. The van der Waals surface area contributed by atoms with E-state index in [0.717, 1.165) is 31.7 Å². The highest BCUT2D eigenvalue weighted by molar-refractivity contribution is 5.07. The zero-order valence-corrected chi connectivity index (χ0v) is 8.45. The Balaban J connectivity index is 2.18. The largest absolute Gasteiger partial charge is 0.381 e. The third-order valence-corrected chi connectivity index (χ3v) is 2.79. The standard InChI is InChI=1S/C10H16N2O2/c1-2-12-10(13)7-9(11-12)8-3-5-14-6-4-8/h7-8,11H,2-6H2,1H3. The van der Waals surface area contributed by atoms with Gasteiger partial charge in [0.15, 0.2) is 0 Å². The molecular weight excluding hydrogens is 180 g/mol. The van der Waals surface area contributed by atoms with Crippen LogP contribution in [0.15, 0.2) is 10.9 Å². The van der Waals surface area contributed by atoms with Crippen LogP contribution in [0.5, 0.6) is 0 Å². The van der Waals surface area contributed by atoms with Crippen LogP contribution in [0, 0.1) is 0 Å². The molecule has 78 valence electrons. The first-order valence-electron chi connectivity index (χ1n) is 5.18. The minimum absolute atomic E-state index is 0.0778. The topological polar surface area (TPSA) is 47.0 Å². The average Bonchev–Trinajstić information content (AvgIpc) is 2.61. The molecule has 14 heavy (non-hydrogen) atoms. The summed E-state index contributed by atoms with van der Waals surface area (Å²) in [6.45, 7) is 4.29. The predicted molar refractivity (Wildman–Crippen MR) is 53.5 cm³/mol. The Morgan fingerprint density at radius 3 is 2.86 bits per heavy atom. The first-order chi connectivity index (χ1) is 6.81. The maximum Gasteiger partial charge on any atom is 0.266 e. The van der Waals surface area contributed by atoms with Gasteiger partial charge in [-0.1, -0.05) is 0 Å². The lowest BCUT2D eigenvalue weighted by Crippen LogP contribution is -2.15. The van der Waals surface area contributed by atoms with E-state index in [-0.39, 0.29) is 5.56 Å². The molecule has 4 heteroatoms. The molecule has 0 spiro atoms. The number of hydrogen-bond acceptors (Lipinski definition) is 2. The summed E-state index contributed by atoms with van der Waals surface area (Å²) in [7, 11) is 0. The van der Waals surface area contributed by atoms with Crippen LogP contribution < -0.4 is 5.56 Å². The number of aromatic nitrogens is 2. The maximum atomic E-state index is 11.4. The molecule has 0 saturated carbocycles. The van der Waals surface area contributed by atoms with Crippen LogP contribution in [0.4, 0.5) is 0 Å². The molecule has 0 atom stereocenters. The molecule has 0 unspecified atom stereocenters. The van der Waals surface area contributed by atoms with Crippen LogP contribution in [0.25, 0.3) is 0 Å². The van der Waals surface area contributed by atoms with Gasteiger partial charge in [0.1, 0.15) is 0 Å². The molecule has 1 aromatic heterocycles. The second kappa shape index (κ2) is 4.00. The van der Waals surface area contributed by atoms with Gasteiger partial charge in [0.05, 0.1) is 0 Å². The number of H-pyrrole nitrogens is 1. The number of aryl methyl sites for hydroxylation is 1. The molecule has 1 aromatic rings. The number of nitrogens with one attached hydrogen (secondary N) is 1. The fourth-order valence-electron chi connectivity index (χ4n) is 1.91. The van der Waals surface area contributed by atoms with Crippen LogP contribution in [-0.2, 0) is 11.3 Å². The first-order valence-corrected chi connectivity index (χ1v) is 5.18. The van der Waals surface area contributed by atoms with Crippen LogP contribution >= 0.6 is 0 Å². The molecule has 0 aromatic carbocycles. The van der Waals surface area contributed by atoms with Crippen molar-refractivity contribution in [2.75, 3.05) is 13.2 Å². The van der Waals surface area contributed by atoms with Crippen molar-refractivity contribution in [2.24, 2.45) is 0 Å². The highest BCUT2D eigenvalue weighted by atomic mass is 16.5. The third kappa shape index (κ3) is 1.75. The number of aromatic amines is 1. The molecule has 1 aliphatic rings. The van der Waals surface area contributed by atoms with Crippen LogP contribution in [0.1, 0.15) is 31.4 Å². The van der Waals surface area contributed by atoms with E-state index >= 15 is 0 Å². The van der Waals surface area contributed by atoms with Crippen molar-refractivity contribution in [1.82, 2.24) is 9.78 Å². The van der Waals surface area contributed by atoms with Gasteiger partial charge >= 0.3 is 0 Å². The van der Waals surface area contributed by atoms with Crippen LogP contribution in [-0.4, -0.2) is 23.0 Å². The molecule has 0 amide bonds. The van der Waals surface area contributed by atoms with E-state index in [9.17, 15) is 4.79 Å². The van der Waals surface area contributed by atoms with Crippen molar-refractivity contribution in [3.05, 3.63) is 22.1 Å². The molecule has 0 radical (unpaired) electrons. The maximum absolute atomic E-state index is 11.4. The number of hydrogen-bond donors (Lipinski definition) is 1. The summed E-state index contributed by atoms with van der Waals surface area (Å²) in [6.07, 6.45) is 2.04. The van der Waals surface area contributed by atoms with E-state index in [1.54, 1.807) is 10.7 Å². The van der Waals surface area contributed by atoms with Gasteiger partial charge in [0, 0.05) is 37.4 Å². The summed E-state index contributed by atoms with van der Waals surface area (Å²) in [5.74, 6) is 0.476. The van der Waals surface area contributed by atoms with Crippen molar-refractivity contribution in [3.63, 3.8) is 0 Å². The Morgan fingerprint density at radius 2 is 2.29 bits per heavy atom. The lowest BCUT2D eigenvalue weighted by Gasteiger charge is -2.20. The Kier molecular flexibility index (Phi) is 2.72. The predicted octanol–water partition coefficient (Wildman–Crippen LogP) is 1.09. The smallest absolute Gasteiger partial charge is 0.266 e. The van der Waals surface area contributed by atoms with Crippen molar-refractivity contribution in [2.45, 2.75) is 32.2 Å². The fourth-order valence-corrected chi connectivity index (χ4v) is 1.91. The number of nitrogens with zero attached hydrogens (tertiary/aromatic N) is 1. The Bertz CT molecular complexity index is 347. The van der Waals surface area contributed by atoms with Crippen LogP contribution in [0.2, 0.25) is 0 Å². The van der Waals surface area contributed by atoms with Gasteiger partial charge in [-0.05, 0) is 19.8 Å². The van der Waals surface area contributed by atoms with Crippen molar-refractivity contribution >= 4 is 0 Å². The van der Waals surface area contributed by atoms with Gasteiger partial charge in [-0.15, -0.1) is 0 Å². The minimum atomic E-state index is 0.0778. The summed E-state index contributed by atoms with van der Waals surface area (Å²) in [4.78, 5) is 11.4. The summed E-state index contributed by atoms with van der Waals surface area (Å²) in [6, 6.07) is 1.72. The Morgan fingerprint density at radius 1 is 1.57 bits per heavy atom. The molecule has 2 heterocycles. The normalized spacial score (nSPS) is 18.6. The van der Waals surface area contributed by atoms with Gasteiger partial charge in [-0.25, -0.2) is 0 Å². The third-order valence-electron chi connectivity index (χ3n) is 2.79. The van der Waals surface area contributed by atoms with Gasteiger partial charge in [-0.3, -0.25) is 14.6 Å². The summed E-state index contributed by atoms with van der Waals surface area (Å²) >= 11 is 0. The molecule has 1 N–H and O–H groups in total. The van der Waals surface area contributed by atoms with E-state index in [1.807, 2.05) is 6.92 Å². The monoisotopic (exact) mass is 196 g/mol. The van der Waals surface area contributed by atoms with E-state index < -0.39 is 0 Å². The highest BCUT2D eigenvalue weighted by Gasteiger charge is 2.18. The summed E-state index contributed by atoms with van der Waals surface area (Å²) < 4.78 is 6.93. The zero-order valence-electron chi connectivity index (χ0n) is 8.45. The molecule has 4 nitrogen and oxygen atoms in total. The SMILES string of the molecule is CCn1[nH]c(C2CCOCC2)cc1=O. The van der Waals surface area contributed by atoms with E-state index in [1.165, 1.54) is 0 Å². The summed E-state index contributed by atoms with van der Waals surface area (Å²) in [5.41, 5.74) is 1.15. The molecule has 2 rings (SSSR count). The molecular formula is C10H16N2O2. The van der Waals surface area contributed by atoms with Crippen molar-refractivity contribution < 1.29 is 4.74 Å². The quantitative estimate of drug-likeness (QED) is 0.769. The Hall–Kier alpha value is -1.03. The second-order valence-electron chi connectivity index (χ2n) is 3.68. The minimum Gasteiger partial charge on any atom is -0.381 e. The molecule has 0 bridgehead atoms. The fraction of sp³-hybridized carbons (Fsp3) is 0.700. The zero-order chi connectivity index (χ0) is 9.97. The van der Waals surface area contributed by atoms with Crippen LogP contribution in [0.3, 0.4) is 0 Å². The molecule has 1 aliphatic heterocycles. The number of ether oxygens (including phenoxy) is 1. The van der Waals surface area contributed by atoms with Gasteiger partial charge in [-0.2, -0.15) is 0 Å².